The van der Waals surface area contributed by atoms with E-state index in [2.05, 4.69) is 0 Å². The van der Waals surface area contributed by atoms with Crippen molar-refractivity contribution in [1.82, 2.24) is 0 Å². The lowest BCUT2D eigenvalue weighted by atomic mass is 9.78. The van der Waals surface area contributed by atoms with Gasteiger partial charge in [0.1, 0.15) is 11.6 Å². The molecule has 30 heavy (non-hydrogen) atoms. The largest absolute Gasteiger partial charge is 0.494 e. The predicted molar refractivity (Wildman–Crippen MR) is 117 cm³/mol. The van der Waals surface area contributed by atoms with Crippen LogP contribution >= 0.6 is 0 Å². The van der Waals surface area contributed by atoms with Gasteiger partial charge < -0.3 is 14.0 Å². The highest BCUT2D eigenvalue weighted by atomic mass is 32.2. The van der Waals surface area contributed by atoms with Crippen molar-refractivity contribution in [3.05, 3.63) is 48.3 Å². The van der Waals surface area contributed by atoms with Crippen molar-refractivity contribution in [2.24, 2.45) is 0 Å². The van der Waals surface area contributed by atoms with Crippen LogP contribution in [0.3, 0.4) is 0 Å². The van der Waals surface area contributed by atoms with Gasteiger partial charge >= 0.3 is 7.12 Å². The van der Waals surface area contributed by atoms with Crippen LogP contribution in [0.25, 0.3) is 11.1 Å². The Labute approximate surface area is 178 Å². The molecule has 0 bridgehead atoms. The molecule has 1 fully saturated rings. The number of sulfone groups is 1. The van der Waals surface area contributed by atoms with Crippen LogP contribution in [0.2, 0.25) is 0 Å². The van der Waals surface area contributed by atoms with E-state index in [1.165, 1.54) is 6.07 Å². The number of ether oxygens (including phenoxy) is 1. The zero-order valence-corrected chi connectivity index (χ0v) is 19.0. The maximum absolute atomic E-state index is 14.5. The summed E-state index contributed by atoms with van der Waals surface area (Å²) in [5.41, 5.74) is 0.810. The molecular formula is C22H28BFO5S. The quantitative estimate of drug-likeness (QED) is 0.645. The van der Waals surface area contributed by atoms with Crippen LogP contribution < -0.4 is 10.2 Å². The van der Waals surface area contributed by atoms with E-state index >= 15 is 0 Å². The van der Waals surface area contributed by atoms with Gasteiger partial charge in [0.05, 0.1) is 16.5 Å². The van der Waals surface area contributed by atoms with Gasteiger partial charge in [-0.25, -0.2) is 12.8 Å². The van der Waals surface area contributed by atoms with E-state index in [9.17, 15) is 12.8 Å². The fourth-order valence-electron chi connectivity index (χ4n) is 2.91. The smallest absolute Gasteiger partial charge is 0.478 e. The van der Waals surface area contributed by atoms with E-state index in [0.29, 0.717) is 16.9 Å². The molecule has 1 saturated heterocycles. The molecule has 0 radical (unpaired) electrons. The molecule has 8 heteroatoms. The number of rotatable bonds is 6. The molecule has 0 spiro atoms. The Balaban J connectivity index is 1.81. The van der Waals surface area contributed by atoms with Gasteiger partial charge in [0.2, 0.25) is 0 Å². The summed E-state index contributed by atoms with van der Waals surface area (Å²) < 4.78 is 55.8. The first kappa shape index (κ1) is 22.8. The molecule has 0 N–H and O–H groups in total. The lowest BCUT2D eigenvalue weighted by molar-refractivity contribution is 0.00578. The van der Waals surface area contributed by atoms with Gasteiger partial charge in [0, 0.05) is 5.56 Å². The van der Waals surface area contributed by atoms with Crippen molar-refractivity contribution >= 4 is 22.4 Å². The third kappa shape index (κ3) is 4.55. The standard InChI is InChI=1S/C22H28BFO5S/c1-15(2)30(25,26)14-27-18-10-7-16(8-11-18)19-13-17(9-12-20(19)24)23-28-21(3,4)22(5,6)29-23/h7-13,15H,14H2,1-6H3. The molecule has 0 saturated carbocycles. The molecule has 2 aromatic rings. The summed E-state index contributed by atoms with van der Waals surface area (Å²) in [5.74, 6) is -0.354. The Kier molecular flexibility index (Phi) is 6.06. The monoisotopic (exact) mass is 434 g/mol. The van der Waals surface area contributed by atoms with Crippen molar-refractivity contribution in [3.8, 4) is 16.9 Å². The molecule has 1 heterocycles. The summed E-state index contributed by atoms with van der Waals surface area (Å²) in [4.78, 5) is 0. The van der Waals surface area contributed by atoms with Gasteiger partial charge in [-0.05, 0) is 70.8 Å². The minimum atomic E-state index is -3.31. The van der Waals surface area contributed by atoms with Crippen molar-refractivity contribution < 1.29 is 26.9 Å². The van der Waals surface area contributed by atoms with Gasteiger partial charge in [-0.3, -0.25) is 0 Å². The van der Waals surface area contributed by atoms with Crippen molar-refractivity contribution in [2.75, 3.05) is 5.94 Å². The van der Waals surface area contributed by atoms with Gasteiger partial charge in [0.25, 0.3) is 0 Å². The Morgan fingerprint density at radius 1 is 1.00 bits per heavy atom. The minimum absolute atomic E-state index is 0.369. The Hall–Kier alpha value is -1.90. The van der Waals surface area contributed by atoms with Crippen LogP contribution in [0.1, 0.15) is 41.5 Å². The summed E-state index contributed by atoms with van der Waals surface area (Å²) in [7, 11) is -3.89. The van der Waals surface area contributed by atoms with Crippen LogP contribution in [0.15, 0.2) is 42.5 Å². The third-order valence-corrected chi connectivity index (χ3v) is 7.67. The molecular weight excluding hydrogens is 406 g/mol. The van der Waals surface area contributed by atoms with E-state index in [1.54, 1.807) is 50.2 Å². The van der Waals surface area contributed by atoms with Crippen LogP contribution in [-0.2, 0) is 19.1 Å². The first-order valence-electron chi connectivity index (χ1n) is 9.92. The molecule has 2 aromatic carbocycles. The van der Waals surface area contributed by atoms with Crippen LogP contribution in [0, 0.1) is 5.82 Å². The highest BCUT2D eigenvalue weighted by molar-refractivity contribution is 7.91. The van der Waals surface area contributed by atoms with Crippen LogP contribution in [0.5, 0.6) is 5.75 Å². The molecule has 3 rings (SSSR count). The van der Waals surface area contributed by atoms with E-state index in [4.69, 9.17) is 14.0 Å². The average molecular weight is 434 g/mol. The molecule has 0 aliphatic carbocycles. The highest BCUT2D eigenvalue weighted by Gasteiger charge is 2.51. The highest BCUT2D eigenvalue weighted by Crippen LogP contribution is 2.37. The Bertz CT molecular complexity index is 1000. The summed E-state index contributed by atoms with van der Waals surface area (Å²) >= 11 is 0. The number of hydrogen-bond acceptors (Lipinski definition) is 5. The molecule has 1 aliphatic rings. The van der Waals surface area contributed by atoms with Gasteiger partial charge in [0.15, 0.2) is 15.8 Å². The second-order valence-electron chi connectivity index (χ2n) is 8.83. The number of benzene rings is 2. The number of halogens is 1. The zero-order chi connectivity index (χ0) is 22.3. The van der Waals surface area contributed by atoms with E-state index in [1.807, 2.05) is 27.7 Å². The van der Waals surface area contributed by atoms with Gasteiger partial charge in [-0.2, -0.15) is 0 Å². The maximum atomic E-state index is 14.5. The second kappa shape index (κ2) is 7.98. The molecule has 0 unspecified atom stereocenters. The fraction of sp³-hybridized carbons (Fsp3) is 0.455. The number of hydrogen-bond donors (Lipinski definition) is 0. The first-order valence-corrected chi connectivity index (χ1v) is 11.6. The first-order chi connectivity index (χ1) is 13.8. The topological polar surface area (TPSA) is 61.8 Å². The third-order valence-electron chi connectivity index (χ3n) is 5.79. The van der Waals surface area contributed by atoms with Crippen molar-refractivity contribution in [2.45, 2.75) is 58.0 Å². The van der Waals surface area contributed by atoms with Crippen molar-refractivity contribution in [1.29, 1.82) is 0 Å². The normalized spacial score (nSPS) is 18.1. The summed E-state index contributed by atoms with van der Waals surface area (Å²) in [6.07, 6.45) is 0. The molecule has 1 aliphatic heterocycles. The average Bonchev–Trinajstić information content (AvgIpc) is 2.88. The molecule has 0 atom stereocenters. The van der Waals surface area contributed by atoms with Gasteiger partial charge in [-0.1, -0.05) is 24.3 Å². The van der Waals surface area contributed by atoms with E-state index in [-0.39, 0.29) is 5.82 Å². The Morgan fingerprint density at radius 3 is 2.10 bits per heavy atom. The molecule has 162 valence electrons. The minimum Gasteiger partial charge on any atom is -0.478 e. The second-order valence-corrected chi connectivity index (χ2v) is 11.3. The van der Waals surface area contributed by atoms with Crippen LogP contribution in [0.4, 0.5) is 4.39 Å². The molecule has 0 amide bonds. The van der Waals surface area contributed by atoms with Crippen molar-refractivity contribution in [3.63, 3.8) is 0 Å². The predicted octanol–water partition coefficient (Wildman–Crippen LogP) is 3.95. The van der Waals surface area contributed by atoms with E-state index in [0.717, 1.165) is 5.46 Å². The molecule has 5 nitrogen and oxygen atoms in total. The maximum Gasteiger partial charge on any atom is 0.494 e. The van der Waals surface area contributed by atoms with Gasteiger partial charge in [-0.15, -0.1) is 0 Å². The SMILES string of the molecule is CC(C)S(=O)(=O)COc1ccc(-c2cc(B3OC(C)(C)C(C)(C)O3)ccc2F)cc1. The lowest BCUT2D eigenvalue weighted by Gasteiger charge is -2.32. The van der Waals surface area contributed by atoms with E-state index < -0.39 is 39.3 Å². The Morgan fingerprint density at radius 2 is 1.57 bits per heavy atom. The summed E-state index contributed by atoms with van der Waals surface area (Å²) in [6, 6.07) is 11.4. The molecule has 0 aromatic heterocycles. The van der Waals surface area contributed by atoms with Crippen LogP contribution in [-0.4, -0.2) is 37.9 Å². The zero-order valence-electron chi connectivity index (χ0n) is 18.2. The summed E-state index contributed by atoms with van der Waals surface area (Å²) in [5, 5.41) is -0.511. The summed E-state index contributed by atoms with van der Waals surface area (Å²) in [6.45, 7) is 11.1. The lowest BCUT2D eigenvalue weighted by Crippen LogP contribution is -2.41. The fourth-order valence-corrected chi connectivity index (χ4v) is 3.48.